The number of rotatable bonds is 1. The molecule has 1 aliphatic heterocycles. The first-order valence-corrected chi connectivity index (χ1v) is 6.63. The second-order valence-electron chi connectivity index (χ2n) is 3.24. The van der Waals surface area contributed by atoms with Crippen LogP contribution in [0.25, 0.3) is 0 Å². The number of piperidine rings is 1. The molecule has 0 unspecified atom stereocenters. The second kappa shape index (κ2) is 10.5. The molecule has 0 N–H and O–H groups in total. The smallest absolute Gasteiger partial charge is 0.128 e. The minimum absolute atomic E-state index is 1.14. The van der Waals surface area contributed by atoms with Crippen LogP contribution in [0.2, 0.25) is 0 Å². The minimum Gasteiger partial charge on any atom is -0.357 e. The third kappa shape index (κ3) is 5.15. The largest absolute Gasteiger partial charge is 0.357 e. The predicted molar refractivity (Wildman–Crippen MR) is 73.0 cm³/mol. The Balaban J connectivity index is 0.000000509. The first-order valence-electron chi connectivity index (χ1n) is 6.63. The molecule has 2 heterocycles. The lowest BCUT2D eigenvalue weighted by atomic mass is 10.1. The van der Waals surface area contributed by atoms with E-state index in [4.69, 9.17) is 0 Å². The van der Waals surface area contributed by atoms with E-state index in [0.717, 1.165) is 5.82 Å². The number of hydrogen-bond donors (Lipinski definition) is 0. The van der Waals surface area contributed by atoms with E-state index < -0.39 is 0 Å². The molecule has 0 radical (unpaired) electrons. The highest BCUT2D eigenvalue weighted by molar-refractivity contribution is 5.37. The van der Waals surface area contributed by atoms with Gasteiger partial charge in [-0.25, -0.2) is 4.98 Å². The molecule has 0 atom stereocenters. The molecule has 0 saturated carbocycles. The van der Waals surface area contributed by atoms with Crippen molar-refractivity contribution in [2.75, 3.05) is 18.0 Å². The van der Waals surface area contributed by atoms with Gasteiger partial charge in [0, 0.05) is 19.3 Å². The summed E-state index contributed by atoms with van der Waals surface area (Å²) in [5, 5.41) is 0. The summed E-state index contributed by atoms with van der Waals surface area (Å²) in [5.41, 5.74) is 0. The lowest BCUT2D eigenvalue weighted by Gasteiger charge is -2.27. The maximum atomic E-state index is 4.33. The van der Waals surface area contributed by atoms with E-state index in [9.17, 15) is 0 Å². The van der Waals surface area contributed by atoms with Crippen LogP contribution in [0, 0.1) is 0 Å². The fraction of sp³-hybridized carbons (Fsp3) is 0.643. The molecule has 16 heavy (non-hydrogen) atoms. The van der Waals surface area contributed by atoms with Crippen molar-refractivity contribution in [1.29, 1.82) is 0 Å². The summed E-state index contributed by atoms with van der Waals surface area (Å²) in [6, 6.07) is 6.11. The van der Waals surface area contributed by atoms with Crippen molar-refractivity contribution in [2.45, 2.75) is 47.0 Å². The van der Waals surface area contributed by atoms with Gasteiger partial charge in [-0.05, 0) is 31.4 Å². The van der Waals surface area contributed by atoms with Gasteiger partial charge < -0.3 is 4.90 Å². The van der Waals surface area contributed by atoms with Crippen LogP contribution in [0.1, 0.15) is 47.0 Å². The number of pyridine rings is 1. The first kappa shape index (κ1) is 14.9. The zero-order chi connectivity index (χ0) is 12.2. The molecule has 2 heteroatoms. The molecular weight excluding hydrogens is 196 g/mol. The topological polar surface area (TPSA) is 16.1 Å². The van der Waals surface area contributed by atoms with E-state index in [1.165, 1.54) is 32.4 Å². The molecule has 1 saturated heterocycles. The van der Waals surface area contributed by atoms with E-state index in [0.29, 0.717) is 0 Å². The zero-order valence-corrected chi connectivity index (χ0v) is 11.2. The highest BCUT2D eigenvalue weighted by Crippen LogP contribution is 2.15. The van der Waals surface area contributed by atoms with Crippen molar-refractivity contribution in [3.05, 3.63) is 24.4 Å². The van der Waals surface area contributed by atoms with E-state index >= 15 is 0 Å². The second-order valence-corrected chi connectivity index (χ2v) is 3.24. The van der Waals surface area contributed by atoms with Crippen LogP contribution in [0.15, 0.2) is 24.4 Å². The van der Waals surface area contributed by atoms with Crippen molar-refractivity contribution < 1.29 is 0 Å². The van der Waals surface area contributed by atoms with E-state index in [1.54, 1.807) is 0 Å². The molecule has 92 valence electrons. The predicted octanol–water partition coefficient (Wildman–Crippen LogP) is 4.12. The van der Waals surface area contributed by atoms with E-state index in [2.05, 4.69) is 22.0 Å². The van der Waals surface area contributed by atoms with Gasteiger partial charge in [0.2, 0.25) is 0 Å². The summed E-state index contributed by atoms with van der Waals surface area (Å²) in [5.74, 6) is 1.14. The van der Waals surface area contributed by atoms with Crippen LogP contribution in [0.5, 0.6) is 0 Å². The Kier molecular flexibility index (Phi) is 9.78. The molecule has 2 rings (SSSR count). The van der Waals surface area contributed by atoms with Gasteiger partial charge in [0.05, 0.1) is 0 Å². The van der Waals surface area contributed by atoms with Crippen molar-refractivity contribution in [2.24, 2.45) is 0 Å². The minimum atomic E-state index is 1.14. The lowest BCUT2D eigenvalue weighted by molar-refractivity contribution is 0.573. The van der Waals surface area contributed by atoms with Gasteiger partial charge in [-0.15, -0.1) is 0 Å². The van der Waals surface area contributed by atoms with Gasteiger partial charge in [-0.3, -0.25) is 0 Å². The normalized spacial score (nSPS) is 14.1. The van der Waals surface area contributed by atoms with Gasteiger partial charge in [-0.2, -0.15) is 0 Å². The lowest BCUT2D eigenvalue weighted by Crippen LogP contribution is -2.29. The Morgan fingerprint density at radius 2 is 1.56 bits per heavy atom. The van der Waals surface area contributed by atoms with Crippen molar-refractivity contribution in [3.8, 4) is 0 Å². The maximum Gasteiger partial charge on any atom is 0.128 e. The summed E-state index contributed by atoms with van der Waals surface area (Å²) < 4.78 is 0. The molecule has 1 aromatic rings. The molecule has 0 bridgehead atoms. The number of aromatic nitrogens is 1. The molecule has 1 fully saturated rings. The third-order valence-corrected chi connectivity index (χ3v) is 2.33. The molecule has 0 aromatic carbocycles. The van der Waals surface area contributed by atoms with Crippen LogP contribution < -0.4 is 4.90 Å². The average molecular weight is 222 g/mol. The van der Waals surface area contributed by atoms with Crippen LogP contribution in [0.4, 0.5) is 5.82 Å². The summed E-state index contributed by atoms with van der Waals surface area (Å²) in [4.78, 5) is 6.69. The number of nitrogens with zero attached hydrogens (tertiary/aromatic N) is 2. The zero-order valence-electron chi connectivity index (χ0n) is 11.2. The highest BCUT2D eigenvalue weighted by Gasteiger charge is 2.10. The van der Waals surface area contributed by atoms with Crippen molar-refractivity contribution in [1.82, 2.24) is 4.98 Å². The highest BCUT2D eigenvalue weighted by atomic mass is 15.2. The molecule has 0 aliphatic carbocycles. The van der Waals surface area contributed by atoms with Crippen LogP contribution in [0.3, 0.4) is 0 Å². The Labute approximate surface area is 101 Å². The Hall–Kier alpha value is -1.05. The van der Waals surface area contributed by atoms with Gasteiger partial charge in [-0.1, -0.05) is 33.8 Å². The third-order valence-electron chi connectivity index (χ3n) is 2.33. The van der Waals surface area contributed by atoms with Gasteiger partial charge in [0.25, 0.3) is 0 Å². The van der Waals surface area contributed by atoms with Crippen molar-refractivity contribution >= 4 is 5.82 Å². The fourth-order valence-electron chi connectivity index (χ4n) is 1.66. The standard InChI is InChI=1S/C10H14N2.2C2H6/c1-4-8-12(9-5-1)10-6-2-3-7-11-10;2*1-2/h2-3,6-7H,1,4-5,8-9H2;2*1-2H3. The SMILES string of the molecule is CC.CC.c1ccc(N2CCCCC2)nc1. The molecular formula is C14H26N2. The molecule has 0 spiro atoms. The van der Waals surface area contributed by atoms with E-state index in [1.807, 2.05) is 40.0 Å². The van der Waals surface area contributed by atoms with Crippen molar-refractivity contribution in [3.63, 3.8) is 0 Å². The van der Waals surface area contributed by atoms with Crippen LogP contribution >= 0.6 is 0 Å². The Morgan fingerprint density at radius 3 is 2.06 bits per heavy atom. The Morgan fingerprint density at radius 1 is 0.938 bits per heavy atom. The molecule has 1 aliphatic rings. The number of anilines is 1. The first-order chi connectivity index (χ1) is 7.97. The summed E-state index contributed by atoms with van der Waals surface area (Å²) in [7, 11) is 0. The fourth-order valence-corrected chi connectivity index (χ4v) is 1.66. The van der Waals surface area contributed by atoms with Gasteiger partial charge in [0.15, 0.2) is 0 Å². The summed E-state index contributed by atoms with van der Waals surface area (Å²) in [6.07, 6.45) is 5.88. The monoisotopic (exact) mass is 222 g/mol. The Bertz CT molecular complexity index is 228. The van der Waals surface area contributed by atoms with Gasteiger partial charge in [0.1, 0.15) is 5.82 Å². The summed E-state index contributed by atoms with van der Waals surface area (Å²) in [6.45, 7) is 10.4. The average Bonchev–Trinajstić information content (AvgIpc) is 2.45. The van der Waals surface area contributed by atoms with Crippen LogP contribution in [-0.4, -0.2) is 18.1 Å². The molecule has 1 aromatic heterocycles. The molecule has 0 amide bonds. The molecule has 2 nitrogen and oxygen atoms in total. The van der Waals surface area contributed by atoms with E-state index in [-0.39, 0.29) is 0 Å². The summed E-state index contributed by atoms with van der Waals surface area (Å²) >= 11 is 0. The maximum absolute atomic E-state index is 4.33. The van der Waals surface area contributed by atoms with Crippen LogP contribution in [-0.2, 0) is 0 Å². The van der Waals surface area contributed by atoms with Gasteiger partial charge >= 0.3 is 0 Å². The quantitative estimate of drug-likeness (QED) is 0.710. The number of hydrogen-bond acceptors (Lipinski definition) is 2.